The summed E-state index contributed by atoms with van der Waals surface area (Å²) < 4.78 is 31.0. The molecule has 0 heterocycles. The van der Waals surface area contributed by atoms with Gasteiger partial charge in [-0.05, 0) is 37.6 Å². The summed E-state index contributed by atoms with van der Waals surface area (Å²) in [6.45, 7) is 7.38. The standard InChI is InChI=1S/C20H29NO4P/c1-4-16-21(3,5-2)17-18-23-26(22,24-19-12-8-6-9-13-19)25-20-14-10-7-11-15-20/h6-15H,4-5,16-18H2,1-3H3/q+1. The lowest BCUT2D eigenvalue weighted by Gasteiger charge is -2.33. The topological polar surface area (TPSA) is 44.8 Å². The Labute approximate surface area is 156 Å². The highest BCUT2D eigenvalue weighted by molar-refractivity contribution is 7.49. The molecule has 0 aliphatic rings. The van der Waals surface area contributed by atoms with Gasteiger partial charge in [-0.2, -0.15) is 0 Å². The number of para-hydroxylation sites is 2. The van der Waals surface area contributed by atoms with E-state index in [-0.39, 0.29) is 0 Å². The van der Waals surface area contributed by atoms with Crippen molar-refractivity contribution in [1.29, 1.82) is 0 Å². The Hall–Kier alpha value is -1.81. The lowest BCUT2D eigenvalue weighted by Crippen LogP contribution is -2.46. The van der Waals surface area contributed by atoms with Crippen LogP contribution >= 0.6 is 7.82 Å². The smallest absolute Gasteiger partial charge is 0.395 e. The van der Waals surface area contributed by atoms with Gasteiger partial charge < -0.3 is 13.5 Å². The average molecular weight is 378 g/mol. The third-order valence-corrected chi connectivity index (χ3v) is 5.70. The van der Waals surface area contributed by atoms with Gasteiger partial charge in [0, 0.05) is 0 Å². The van der Waals surface area contributed by atoms with Crippen molar-refractivity contribution in [3.05, 3.63) is 60.7 Å². The van der Waals surface area contributed by atoms with Crippen LogP contribution < -0.4 is 9.05 Å². The number of phosphoric ester groups is 1. The molecule has 2 rings (SSSR count). The van der Waals surface area contributed by atoms with Crippen LogP contribution in [0.5, 0.6) is 11.5 Å². The summed E-state index contributed by atoms with van der Waals surface area (Å²) in [5, 5.41) is 0. The summed E-state index contributed by atoms with van der Waals surface area (Å²) in [4.78, 5) is 0. The predicted molar refractivity (Wildman–Crippen MR) is 104 cm³/mol. The van der Waals surface area contributed by atoms with E-state index in [1.54, 1.807) is 24.3 Å². The molecule has 0 spiro atoms. The van der Waals surface area contributed by atoms with Gasteiger partial charge in [-0.1, -0.05) is 43.3 Å². The largest absolute Gasteiger partial charge is 0.587 e. The van der Waals surface area contributed by atoms with Gasteiger partial charge in [0.25, 0.3) is 0 Å². The van der Waals surface area contributed by atoms with Gasteiger partial charge in [0.1, 0.15) is 24.7 Å². The molecule has 0 N–H and O–H groups in total. The van der Waals surface area contributed by atoms with Gasteiger partial charge in [0.2, 0.25) is 0 Å². The summed E-state index contributed by atoms with van der Waals surface area (Å²) in [5.74, 6) is 0.904. The molecule has 0 aromatic heterocycles. The maximum Gasteiger partial charge on any atom is 0.587 e. The Morgan fingerprint density at radius 2 is 1.35 bits per heavy atom. The van der Waals surface area contributed by atoms with Crippen LogP contribution in [0.4, 0.5) is 0 Å². The van der Waals surface area contributed by atoms with Crippen molar-refractivity contribution < 1.29 is 22.6 Å². The fraction of sp³-hybridized carbons (Fsp3) is 0.400. The van der Waals surface area contributed by atoms with E-state index in [0.717, 1.165) is 30.5 Å². The molecule has 0 radical (unpaired) electrons. The van der Waals surface area contributed by atoms with E-state index in [9.17, 15) is 4.57 Å². The maximum atomic E-state index is 13.2. The van der Waals surface area contributed by atoms with Crippen LogP contribution in [-0.2, 0) is 9.09 Å². The Kier molecular flexibility index (Phi) is 7.70. The minimum absolute atomic E-state index is 0.293. The minimum atomic E-state index is -3.79. The molecular weight excluding hydrogens is 349 g/mol. The van der Waals surface area contributed by atoms with E-state index in [1.807, 2.05) is 36.4 Å². The van der Waals surface area contributed by atoms with Crippen molar-refractivity contribution in [1.82, 2.24) is 0 Å². The summed E-state index contributed by atoms with van der Waals surface area (Å²) in [6, 6.07) is 17.9. The number of hydrogen-bond acceptors (Lipinski definition) is 4. The highest BCUT2D eigenvalue weighted by atomic mass is 31.2. The van der Waals surface area contributed by atoms with Gasteiger partial charge >= 0.3 is 7.82 Å². The van der Waals surface area contributed by atoms with Crippen molar-refractivity contribution in [3.8, 4) is 11.5 Å². The van der Waals surface area contributed by atoms with Crippen LogP contribution in [0, 0.1) is 0 Å². The second kappa shape index (κ2) is 9.77. The molecule has 6 heteroatoms. The molecule has 1 atom stereocenters. The molecule has 0 aliphatic heterocycles. The van der Waals surface area contributed by atoms with E-state index in [4.69, 9.17) is 13.6 Å². The summed E-state index contributed by atoms with van der Waals surface area (Å²) in [6.07, 6.45) is 1.09. The lowest BCUT2D eigenvalue weighted by atomic mass is 10.3. The van der Waals surface area contributed by atoms with Crippen molar-refractivity contribution in [3.63, 3.8) is 0 Å². The number of quaternary nitrogens is 1. The highest BCUT2D eigenvalue weighted by Crippen LogP contribution is 2.49. The average Bonchev–Trinajstić information content (AvgIpc) is 2.63. The van der Waals surface area contributed by atoms with Crippen LogP contribution in [-0.4, -0.2) is 37.8 Å². The fourth-order valence-electron chi connectivity index (χ4n) is 2.63. The SMILES string of the molecule is CCC[N+](C)(CC)CCOP(=O)(Oc1ccccc1)Oc1ccccc1. The molecular formula is C20H29NO4P+. The molecule has 5 nitrogen and oxygen atoms in total. The molecule has 26 heavy (non-hydrogen) atoms. The van der Waals surface area contributed by atoms with Crippen LogP contribution in [0.3, 0.4) is 0 Å². The molecule has 0 fully saturated rings. The quantitative estimate of drug-likeness (QED) is 0.401. The zero-order valence-corrected chi connectivity index (χ0v) is 16.7. The Morgan fingerprint density at radius 3 is 1.77 bits per heavy atom. The van der Waals surface area contributed by atoms with Crippen LogP contribution in [0.1, 0.15) is 20.3 Å². The van der Waals surface area contributed by atoms with Gasteiger partial charge in [0.05, 0.1) is 20.1 Å². The minimum Gasteiger partial charge on any atom is -0.395 e. The number of hydrogen-bond donors (Lipinski definition) is 0. The Balaban J connectivity index is 2.08. The maximum absolute atomic E-state index is 13.2. The first-order chi connectivity index (χ1) is 12.5. The van der Waals surface area contributed by atoms with E-state index in [2.05, 4.69) is 20.9 Å². The van der Waals surface area contributed by atoms with Gasteiger partial charge in [0.15, 0.2) is 0 Å². The Morgan fingerprint density at radius 1 is 0.846 bits per heavy atom. The van der Waals surface area contributed by atoms with Crippen molar-refractivity contribution >= 4 is 7.82 Å². The Bertz CT molecular complexity index is 650. The monoisotopic (exact) mass is 378 g/mol. The summed E-state index contributed by atoms with van der Waals surface area (Å²) >= 11 is 0. The zero-order valence-electron chi connectivity index (χ0n) is 15.8. The third kappa shape index (κ3) is 6.49. The van der Waals surface area contributed by atoms with Crippen molar-refractivity contribution in [2.24, 2.45) is 0 Å². The van der Waals surface area contributed by atoms with Crippen molar-refractivity contribution in [2.45, 2.75) is 20.3 Å². The van der Waals surface area contributed by atoms with Crippen LogP contribution in [0.15, 0.2) is 60.7 Å². The van der Waals surface area contributed by atoms with E-state index >= 15 is 0 Å². The molecule has 0 saturated carbocycles. The number of phosphoric acid groups is 1. The predicted octanol–water partition coefficient (Wildman–Crippen LogP) is 5.15. The van der Waals surface area contributed by atoms with E-state index in [0.29, 0.717) is 18.1 Å². The van der Waals surface area contributed by atoms with Crippen LogP contribution in [0.2, 0.25) is 0 Å². The number of benzene rings is 2. The molecule has 0 bridgehead atoms. The molecule has 0 amide bonds. The second-order valence-corrected chi connectivity index (χ2v) is 7.99. The van der Waals surface area contributed by atoms with Gasteiger partial charge in [-0.15, -0.1) is 0 Å². The van der Waals surface area contributed by atoms with Gasteiger partial charge in [-0.25, -0.2) is 4.57 Å². The first-order valence-corrected chi connectivity index (χ1v) is 10.5. The lowest BCUT2D eigenvalue weighted by molar-refractivity contribution is -0.907. The molecule has 0 aliphatic carbocycles. The molecule has 2 aromatic carbocycles. The molecule has 142 valence electrons. The summed E-state index contributed by atoms with van der Waals surface area (Å²) in [5.41, 5.74) is 0. The van der Waals surface area contributed by atoms with Crippen molar-refractivity contribution in [2.75, 3.05) is 33.3 Å². The van der Waals surface area contributed by atoms with E-state index in [1.165, 1.54) is 0 Å². The first-order valence-electron chi connectivity index (χ1n) is 9.06. The number of rotatable bonds is 11. The van der Waals surface area contributed by atoms with Crippen LogP contribution in [0.25, 0.3) is 0 Å². The molecule has 0 saturated heterocycles. The van der Waals surface area contributed by atoms with Gasteiger partial charge in [-0.3, -0.25) is 4.52 Å². The fourth-order valence-corrected chi connectivity index (χ4v) is 3.84. The molecule has 2 aromatic rings. The first kappa shape index (κ1) is 20.5. The normalized spacial score (nSPS) is 13.8. The number of likely N-dealkylation sites (N-methyl/N-ethyl adjacent to an activating group) is 1. The van der Waals surface area contributed by atoms with E-state index < -0.39 is 7.82 Å². The highest BCUT2D eigenvalue weighted by Gasteiger charge is 2.32. The second-order valence-electron chi connectivity index (χ2n) is 6.47. The third-order valence-electron chi connectivity index (χ3n) is 4.33. The number of nitrogens with zero attached hydrogens (tertiary/aromatic N) is 1. The zero-order chi connectivity index (χ0) is 18.9. The molecule has 1 unspecified atom stereocenters. The summed E-state index contributed by atoms with van der Waals surface area (Å²) in [7, 11) is -1.61.